The monoisotopic (exact) mass is 313 g/mol. The van der Waals surface area contributed by atoms with Crippen LogP contribution in [0.15, 0.2) is 47.8 Å². The molecule has 0 aliphatic heterocycles. The molecule has 1 amide bonds. The predicted molar refractivity (Wildman–Crippen MR) is 92.2 cm³/mol. The molecule has 0 atom stereocenters. The molecule has 1 saturated carbocycles. The van der Waals surface area contributed by atoms with Gasteiger partial charge in [-0.2, -0.15) is 0 Å². The van der Waals surface area contributed by atoms with E-state index >= 15 is 0 Å². The van der Waals surface area contributed by atoms with Crippen molar-refractivity contribution in [2.45, 2.75) is 43.9 Å². The standard InChI is InChI=1S/C19H23NOS/c21-18(11-10-17-9-6-14-22-17)20-15-19(12-4-5-13-19)16-7-2-1-3-8-16/h1-3,6-9,14H,4-5,10-13,15H2,(H,20,21). The van der Waals surface area contributed by atoms with Crippen molar-refractivity contribution in [3.05, 3.63) is 58.3 Å². The third-order valence-electron chi connectivity index (χ3n) is 4.75. The van der Waals surface area contributed by atoms with E-state index in [0.29, 0.717) is 6.42 Å². The van der Waals surface area contributed by atoms with Crippen LogP contribution in [0.5, 0.6) is 0 Å². The summed E-state index contributed by atoms with van der Waals surface area (Å²) >= 11 is 1.72. The summed E-state index contributed by atoms with van der Waals surface area (Å²) in [5.74, 6) is 0.176. The fourth-order valence-corrected chi connectivity index (χ4v) is 4.17. The molecule has 0 saturated heterocycles. The number of hydrogen-bond donors (Lipinski definition) is 1. The smallest absolute Gasteiger partial charge is 0.220 e. The van der Waals surface area contributed by atoms with Gasteiger partial charge in [-0.3, -0.25) is 4.79 Å². The van der Waals surface area contributed by atoms with Crippen LogP contribution in [-0.4, -0.2) is 12.5 Å². The third-order valence-corrected chi connectivity index (χ3v) is 5.69. The van der Waals surface area contributed by atoms with Crippen molar-refractivity contribution in [1.29, 1.82) is 0 Å². The van der Waals surface area contributed by atoms with Crippen molar-refractivity contribution < 1.29 is 4.79 Å². The molecule has 1 aromatic carbocycles. The van der Waals surface area contributed by atoms with E-state index in [-0.39, 0.29) is 11.3 Å². The van der Waals surface area contributed by atoms with Crippen molar-refractivity contribution >= 4 is 17.2 Å². The van der Waals surface area contributed by atoms with E-state index in [0.717, 1.165) is 13.0 Å². The molecule has 0 radical (unpaired) electrons. The first kappa shape index (κ1) is 15.3. The highest BCUT2D eigenvalue weighted by atomic mass is 32.1. The zero-order chi connectivity index (χ0) is 15.3. The topological polar surface area (TPSA) is 29.1 Å². The van der Waals surface area contributed by atoms with Gasteiger partial charge in [-0.25, -0.2) is 0 Å². The minimum absolute atomic E-state index is 0.153. The Labute approximate surface area is 136 Å². The van der Waals surface area contributed by atoms with Gasteiger partial charge in [-0.05, 0) is 36.3 Å². The molecule has 22 heavy (non-hydrogen) atoms. The van der Waals surface area contributed by atoms with E-state index in [1.54, 1.807) is 11.3 Å². The zero-order valence-electron chi connectivity index (χ0n) is 12.9. The minimum Gasteiger partial charge on any atom is -0.355 e. The maximum absolute atomic E-state index is 12.2. The largest absolute Gasteiger partial charge is 0.355 e. The quantitative estimate of drug-likeness (QED) is 0.846. The second kappa shape index (κ2) is 7.10. The Kier molecular flexibility index (Phi) is 4.94. The van der Waals surface area contributed by atoms with Crippen LogP contribution in [0, 0.1) is 0 Å². The highest BCUT2D eigenvalue weighted by Gasteiger charge is 2.35. The summed E-state index contributed by atoms with van der Waals surface area (Å²) in [6.07, 6.45) is 6.33. The Bertz CT molecular complexity index is 585. The molecule has 116 valence electrons. The van der Waals surface area contributed by atoms with E-state index in [1.807, 2.05) is 6.07 Å². The fraction of sp³-hybridized carbons (Fsp3) is 0.421. The number of nitrogens with one attached hydrogen (secondary N) is 1. The van der Waals surface area contributed by atoms with Crippen LogP contribution in [-0.2, 0) is 16.6 Å². The van der Waals surface area contributed by atoms with Crippen LogP contribution in [0.3, 0.4) is 0 Å². The van der Waals surface area contributed by atoms with Gasteiger partial charge in [0.15, 0.2) is 0 Å². The van der Waals surface area contributed by atoms with Crippen LogP contribution < -0.4 is 5.32 Å². The number of rotatable bonds is 6. The average molecular weight is 313 g/mol. The Balaban J connectivity index is 1.57. The average Bonchev–Trinajstić information content (AvgIpc) is 3.24. The van der Waals surface area contributed by atoms with Gasteiger partial charge in [0.1, 0.15) is 0 Å². The predicted octanol–water partition coefficient (Wildman–Crippen LogP) is 4.31. The van der Waals surface area contributed by atoms with Gasteiger partial charge >= 0.3 is 0 Å². The van der Waals surface area contributed by atoms with Gasteiger partial charge in [0.2, 0.25) is 5.91 Å². The molecule has 1 aliphatic rings. The van der Waals surface area contributed by atoms with E-state index in [2.05, 4.69) is 47.1 Å². The molecule has 2 nitrogen and oxygen atoms in total. The molecule has 1 N–H and O–H groups in total. The number of carbonyl (C=O) groups excluding carboxylic acids is 1. The van der Waals surface area contributed by atoms with Crippen LogP contribution in [0.1, 0.15) is 42.5 Å². The number of carbonyl (C=O) groups is 1. The molecule has 3 rings (SSSR count). The molecular formula is C19H23NOS. The fourth-order valence-electron chi connectivity index (χ4n) is 3.46. The van der Waals surface area contributed by atoms with Gasteiger partial charge in [-0.15, -0.1) is 11.3 Å². The van der Waals surface area contributed by atoms with Crippen molar-refractivity contribution in [1.82, 2.24) is 5.32 Å². The van der Waals surface area contributed by atoms with Gasteiger partial charge in [-0.1, -0.05) is 49.2 Å². The van der Waals surface area contributed by atoms with Gasteiger partial charge < -0.3 is 5.32 Å². The Morgan fingerprint density at radius 3 is 2.55 bits per heavy atom. The summed E-state index contributed by atoms with van der Waals surface area (Å²) in [5.41, 5.74) is 1.53. The molecule has 1 heterocycles. The first-order valence-corrected chi connectivity index (χ1v) is 9.01. The molecule has 3 heteroatoms. The van der Waals surface area contributed by atoms with Crippen LogP contribution in [0.25, 0.3) is 0 Å². The van der Waals surface area contributed by atoms with Crippen molar-refractivity contribution in [2.75, 3.05) is 6.54 Å². The number of amides is 1. The van der Waals surface area contributed by atoms with E-state index in [9.17, 15) is 4.79 Å². The highest BCUT2D eigenvalue weighted by molar-refractivity contribution is 7.09. The lowest BCUT2D eigenvalue weighted by Gasteiger charge is -2.30. The Hall–Kier alpha value is -1.61. The summed E-state index contributed by atoms with van der Waals surface area (Å²) in [7, 11) is 0. The van der Waals surface area contributed by atoms with Crippen LogP contribution in [0.4, 0.5) is 0 Å². The number of aryl methyl sites for hydroxylation is 1. The molecule has 1 aromatic heterocycles. The molecule has 1 fully saturated rings. The molecule has 0 unspecified atom stereocenters. The van der Waals surface area contributed by atoms with Crippen LogP contribution >= 0.6 is 11.3 Å². The number of hydrogen-bond acceptors (Lipinski definition) is 2. The van der Waals surface area contributed by atoms with E-state index in [4.69, 9.17) is 0 Å². The lowest BCUT2D eigenvalue weighted by atomic mass is 9.79. The second-order valence-corrected chi connectivity index (χ2v) is 7.24. The summed E-state index contributed by atoms with van der Waals surface area (Å²) in [5, 5.41) is 5.26. The second-order valence-electron chi connectivity index (χ2n) is 6.21. The summed E-state index contributed by atoms with van der Waals surface area (Å²) < 4.78 is 0. The van der Waals surface area contributed by atoms with Crippen LogP contribution in [0.2, 0.25) is 0 Å². The molecule has 0 spiro atoms. The van der Waals surface area contributed by atoms with E-state index < -0.39 is 0 Å². The Morgan fingerprint density at radius 1 is 1.09 bits per heavy atom. The molecule has 2 aromatic rings. The summed E-state index contributed by atoms with van der Waals surface area (Å²) in [4.78, 5) is 13.4. The zero-order valence-corrected chi connectivity index (χ0v) is 13.7. The maximum Gasteiger partial charge on any atom is 0.220 e. The van der Waals surface area contributed by atoms with Gasteiger partial charge in [0.25, 0.3) is 0 Å². The number of thiophene rings is 1. The third kappa shape index (κ3) is 3.58. The normalized spacial score (nSPS) is 16.5. The summed E-state index contributed by atoms with van der Waals surface area (Å²) in [6.45, 7) is 0.778. The van der Waals surface area contributed by atoms with Crippen molar-refractivity contribution in [2.24, 2.45) is 0 Å². The lowest BCUT2D eigenvalue weighted by molar-refractivity contribution is -0.121. The maximum atomic E-state index is 12.2. The highest BCUT2D eigenvalue weighted by Crippen LogP contribution is 2.40. The van der Waals surface area contributed by atoms with Gasteiger partial charge in [0, 0.05) is 23.3 Å². The molecule has 1 aliphatic carbocycles. The molecular weight excluding hydrogens is 290 g/mol. The van der Waals surface area contributed by atoms with E-state index in [1.165, 1.54) is 36.1 Å². The van der Waals surface area contributed by atoms with Gasteiger partial charge in [0.05, 0.1) is 0 Å². The van der Waals surface area contributed by atoms with Crippen molar-refractivity contribution in [3.8, 4) is 0 Å². The first-order valence-electron chi connectivity index (χ1n) is 8.13. The molecule has 0 bridgehead atoms. The first-order chi connectivity index (χ1) is 10.8. The SMILES string of the molecule is O=C(CCc1cccs1)NCC1(c2ccccc2)CCCC1. The summed E-state index contributed by atoms with van der Waals surface area (Å²) in [6, 6.07) is 14.8. The Morgan fingerprint density at radius 2 is 1.86 bits per heavy atom. The van der Waals surface area contributed by atoms with Crippen molar-refractivity contribution in [3.63, 3.8) is 0 Å². The minimum atomic E-state index is 0.153. The lowest BCUT2D eigenvalue weighted by Crippen LogP contribution is -2.39. The number of benzene rings is 1.